The van der Waals surface area contributed by atoms with Crippen molar-refractivity contribution >= 4 is 0 Å². The molecule has 1 aliphatic rings. The van der Waals surface area contributed by atoms with Crippen LogP contribution in [0.5, 0.6) is 0 Å². The van der Waals surface area contributed by atoms with E-state index in [0.29, 0.717) is 6.10 Å². The first kappa shape index (κ1) is 24.0. The molecule has 2 heteroatoms. The van der Waals surface area contributed by atoms with Crippen LogP contribution < -0.4 is 0 Å². The van der Waals surface area contributed by atoms with Crippen molar-refractivity contribution in [3.63, 3.8) is 0 Å². The van der Waals surface area contributed by atoms with E-state index in [9.17, 15) is 0 Å². The molecule has 0 aromatic carbocycles. The van der Waals surface area contributed by atoms with Gasteiger partial charge in [0.2, 0.25) is 0 Å². The Hall–Kier alpha value is -0.0800. The van der Waals surface area contributed by atoms with E-state index in [1.54, 1.807) is 0 Å². The smallest absolute Gasteiger partial charge is 0.183 e. The van der Waals surface area contributed by atoms with Gasteiger partial charge in [-0.05, 0) is 43.4 Å². The van der Waals surface area contributed by atoms with E-state index in [4.69, 9.17) is 4.74 Å². The van der Waals surface area contributed by atoms with Crippen LogP contribution in [0.25, 0.3) is 0 Å². The van der Waals surface area contributed by atoms with Crippen molar-refractivity contribution in [3.8, 4) is 0 Å². The van der Waals surface area contributed by atoms with Crippen molar-refractivity contribution in [1.29, 1.82) is 0 Å². The summed E-state index contributed by atoms with van der Waals surface area (Å²) in [7, 11) is 4.70. The molecule has 0 bridgehead atoms. The number of hydrogen-bond donors (Lipinski definition) is 0. The summed E-state index contributed by atoms with van der Waals surface area (Å²) in [5.41, 5.74) is 0. The largest absolute Gasteiger partial charge is 0.328 e. The Morgan fingerprint density at radius 3 is 2.04 bits per heavy atom. The lowest BCUT2D eigenvalue weighted by Gasteiger charge is -2.39. The molecule has 156 valence electrons. The third kappa shape index (κ3) is 10.3. The van der Waals surface area contributed by atoms with Crippen molar-refractivity contribution in [2.24, 2.45) is 17.8 Å². The fourth-order valence-electron chi connectivity index (χ4n) is 4.52. The first-order valence-electron chi connectivity index (χ1n) is 11.8. The Balaban J connectivity index is 2.16. The second kappa shape index (κ2) is 13.2. The minimum absolute atomic E-state index is 0.485. The van der Waals surface area contributed by atoms with E-state index in [1.165, 1.54) is 83.6 Å². The van der Waals surface area contributed by atoms with E-state index >= 15 is 0 Å². The lowest BCUT2D eigenvalue weighted by Crippen LogP contribution is -2.45. The summed E-state index contributed by atoms with van der Waals surface area (Å²) < 4.78 is 7.52. The summed E-state index contributed by atoms with van der Waals surface area (Å²) in [6, 6.07) is 0. The molecule has 0 amide bonds. The Kier molecular flexibility index (Phi) is 12.1. The first-order chi connectivity index (χ1) is 12.4. The van der Waals surface area contributed by atoms with E-state index in [0.717, 1.165) is 29.0 Å². The van der Waals surface area contributed by atoms with E-state index < -0.39 is 0 Å². The summed E-state index contributed by atoms with van der Waals surface area (Å²) in [5.74, 6) is 2.35. The van der Waals surface area contributed by atoms with Crippen molar-refractivity contribution in [3.05, 3.63) is 0 Å². The minimum atomic E-state index is 0.485. The zero-order valence-corrected chi connectivity index (χ0v) is 19.1. The van der Waals surface area contributed by atoms with Crippen LogP contribution in [-0.4, -0.2) is 38.0 Å². The van der Waals surface area contributed by atoms with Crippen LogP contribution in [0.4, 0.5) is 0 Å². The van der Waals surface area contributed by atoms with Crippen LogP contribution in [0.3, 0.4) is 0 Å². The Bertz CT molecular complexity index is 339. The van der Waals surface area contributed by atoms with Gasteiger partial charge in [-0.1, -0.05) is 79.1 Å². The number of rotatable bonds is 14. The SMILES string of the molecule is CCCCCCCCCCC[N+](C)(C)CO[C@H]1C[C@@H](C)CC[C@@H]1C(C)C. The van der Waals surface area contributed by atoms with Gasteiger partial charge in [0.25, 0.3) is 0 Å². The zero-order chi connectivity index (χ0) is 19.4. The van der Waals surface area contributed by atoms with Crippen LogP contribution >= 0.6 is 0 Å². The Labute approximate surface area is 165 Å². The molecule has 1 rings (SSSR count). The topological polar surface area (TPSA) is 9.23 Å². The van der Waals surface area contributed by atoms with Gasteiger partial charge in [0.05, 0.1) is 26.7 Å². The summed E-state index contributed by atoms with van der Waals surface area (Å²) in [6.07, 6.45) is 17.2. The maximum Gasteiger partial charge on any atom is 0.183 e. The number of quaternary nitrogens is 1. The molecule has 0 heterocycles. The Morgan fingerprint density at radius 2 is 1.46 bits per heavy atom. The van der Waals surface area contributed by atoms with Crippen LogP contribution in [0, 0.1) is 17.8 Å². The normalized spacial score (nSPS) is 24.3. The minimum Gasteiger partial charge on any atom is -0.328 e. The highest BCUT2D eigenvalue weighted by Crippen LogP contribution is 2.35. The highest BCUT2D eigenvalue weighted by Gasteiger charge is 2.32. The summed E-state index contributed by atoms with van der Waals surface area (Å²) in [6.45, 7) is 11.6. The van der Waals surface area contributed by atoms with Gasteiger partial charge in [0.1, 0.15) is 0 Å². The van der Waals surface area contributed by atoms with Crippen molar-refractivity contribution < 1.29 is 9.22 Å². The highest BCUT2D eigenvalue weighted by molar-refractivity contribution is 4.81. The third-order valence-corrected chi connectivity index (χ3v) is 6.47. The second-order valence-electron chi connectivity index (χ2n) is 10.1. The second-order valence-corrected chi connectivity index (χ2v) is 10.1. The van der Waals surface area contributed by atoms with Crippen molar-refractivity contribution in [2.45, 2.75) is 111 Å². The summed E-state index contributed by atoms with van der Waals surface area (Å²) >= 11 is 0. The molecular formula is C24H50NO+. The summed E-state index contributed by atoms with van der Waals surface area (Å²) in [4.78, 5) is 0. The number of unbranched alkanes of at least 4 members (excludes halogenated alkanes) is 8. The van der Waals surface area contributed by atoms with Gasteiger partial charge in [-0.25, -0.2) is 0 Å². The maximum atomic E-state index is 6.50. The molecule has 0 N–H and O–H groups in total. The number of ether oxygens (including phenoxy) is 1. The molecule has 26 heavy (non-hydrogen) atoms. The molecule has 1 fully saturated rings. The van der Waals surface area contributed by atoms with Gasteiger partial charge in [0, 0.05) is 0 Å². The lowest BCUT2D eigenvalue weighted by molar-refractivity contribution is -0.911. The average molecular weight is 369 g/mol. The number of hydrogen-bond acceptors (Lipinski definition) is 1. The first-order valence-corrected chi connectivity index (χ1v) is 11.8. The zero-order valence-electron chi connectivity index (χ0n) is 19.1. The molecule has 0 aliphatic heterocycles. The average Bonchev–Trinajstić information content (AvgIpc) is 2.58. The van der Waals surface area contributed by atoms with Crippen LogP contribution in [0.15, 0.2) is 0 Å². The molecule has 0 unspecified atom stereocenters. The quantitative estimate of drug-likeness (QED) is 0.182. The van der Waals surface area contributed by atoms with Crippen molar-refractivity contribution in [2.75, 3.05) is 27.4 Å². The fourth-order valence-corrected chi connectivity index (χ4v) is 4.52. The molecule has 0 radical (unpaired) electrons. The highest BCUT2D eigenvalue weighted by atomic mass is 16.5. The predicted molar refractivity (Wildman–Crippen MR) is 115 cm³/mol. The summed E-state index contributed by atoms with van der Waals surface area (Å²) in [5, 5.41) is 0. The molecule has 1 aliphatic carbocycles. The molecule has 3 atom stereocenters. The molecule has 1 saturated carbocycles. The third-order valence-electron chi connectivity index (χ3n) is 6.47. The van der Waals surface area contributed by atoms with Crippen LogP contribution in [0.1, 0.15) is 105 Å². The van der Waals surface area contributed by atoms with Crippen LogP contribution in [-0.2, 0) is 4.74 Å². The molecule has 0 aromatic rings. The molecular weight excluding hydrogens is 318 g/mol. The lowest BCUT2D eigenvalue weighted by atomic mass is 9.75. The molecule has 0 aromatic heterocycles. The monoisotopic (exact) mass is 368 g/mol. The fraction of sp³-hybridized carbons (Fsp3) is 1.00. The van der Waals surface area contributed by atoms with Gasteiger partial charge in [-0.3, -0.25) is 0 Å². The van der Waals surface area contributed by atoms with E-state index in [-0.39, 0.29) is 0 Å². The van der Waals surface area contributed by atoms with Gasteiger partial charge < -0.3 is 9.22 Å². The van der Waals surface area contributed by atoms with E-state index in [2.05, 4.69) is 41.8 Å². The molecule has 2 nitrogen and oxygen atoms in total. The van der Waals surface area contributed by atoms with Crippen LogP contribution in [0.2, 0.25) is 0 Å². The van der Waals surface area contributed by atoms with Gasteiger partial charge >= 0.3 is 0 Å². The Morgan fingerprint density at radius 1 is 0.885 bits per heavy atom. The standard InChI is InChI=1S/C24H50NO/c1-7-8-9-10-11-12-13-14-15-18-25(5,6)20-26-24-19-22(4)16-17-23(24)21(2)3/h21-24H,7-20H2,1-6H3/q+1/t22-,23+,24-/m0/s1. The van der Waals surface area contributed by atoms with Crippen molar-refractivity contribution in [1.82, 2.24) is 0 Å². The van der Waals surface area contributed by atoms with Gasteiger partial charge in [-0.2, -0.15) is 0 Å². The predicted octanol–water partition coefficient (Wildman–Crippen LogP) is 7.03. The number of nitrogens with zero attached hydrogens (tertiary/aromatic N) is 1. The maximum absolute atomic E-state index is 6.50. The van der Waals surface area contributed by atoms with E-state index in [1.807, 2.05) is 0 Å². The van der Waals surface area contributed by atoms with Gasteiger partial charge in [0.15, 0.2) is 6.73 Å². The molecule has 0 saturated heterocycles. The molecule has 0 spiro atoms. The van der Waals surface area contributed by atoms with Gasteiger partial charge in [-0.15, -0.1) is 0 Å².